The summed E-state index contributed by atoms with van der Waals surface area (Å²) in [6.07, 6.45) is 21.4. The Morgan fingerprint density at radius 2 is 1.20 bits per heavy atom. The average Bonchev–Trinajstić information content (AvgIpc) is 2.75. The minimum atomic E-state index is -0.424. The van der Waals surface area contributed by atoms with Crippen molar-refractivity contribution >= 4 is 5.97 Å². The van der Waals surface area contributed by atoms with Crippen LogP contribution in [-0.2, 0) is 9.53 Å². The number of unbranched alkanes of at least 4 members (excludes halogenated alkanes) is 15. The highest BCUT2D eigenvalue weighted by Gasteiger charge is 2.19. The first-order valence-electron chi connectivity index (χ1n) is 12.6. The molecule has 0 fully saturated rings. The molecule has 0 spiro atoms. The van der Waals surface area contributed by atoms with Crippen molar-refractivity contribution in [3.63, 3.8) is 0 Å². The summed E-state index contributed by atoms with van der Waals surface area (Å²) in [5.41, 5.74) is 0.634. The van der Waals surface area contributed by atoms with E-state index in [-0.39, 0.29) is 11.7 Å². The second kappa shape index (κ2) is 18.3. The van der Waals surface area contributed by atoms with Crippen molar-refractivity contribution in [2.24, 2.45) is 0 Å². The molecule has 0 bridgehead atoms. The Balaban J connectivity index is 1.85. The van der Waals surface area contributed by atoms with Gasteiger partial charge in [-0.25, -0.2) is 0 Å². The Hall–Kier alpha value is -1.51. The van der Waals surface area contributed by atoms with E-state index in [9.17, 15) is 9.90 Å². The molecule has 3 heteroatoms. The Labute approximate surface area is 185 Å². The van der Waals surface area contributed by atoms with Crippen LogP contribution in [0.5, 0.6) is 5.75 Å². The van der Waals surface area contributed by atoms with Crippen LogP contribution in [0, 0.1) is 0 Å². The smallest absolute Gasteiger partial charge is 0.313 e. The van der Waals surface area contributed by atoms with Crippen molar-refractivity contribution in [2.45, 2.75) is 122 Å². The van der Waals surface area contributed by atoms with Gasteiger partial charge in [0.2, 0.25) is 0 Å². The molecule has 30 heavy (non-hydrogen) atoms. The topological polar surface area (TPSA) is 46.5 Å². The summed E-state index contributed by atoms with van der Waals surface area (Å²) in [6.45, 7) is 4.54. The second-order valence-corrected chi connectivity index (χ2v) is 8.75. The molecule has 0 aliphatic carbocycles. The number of para-hydroxylation sites is 1. The Bertz CT molecular complexity index is 541. The van der Waals surface area contributed by atoms with E-state index >= 15 is 0 Å². The van der Waals surface area contributed by atoms with Gasteiger partial charge in [0.15, 0.2) is 0 Å². The molecule has 0 saturated heterocycles. The summed E-state index contributed by atoms with van der Waals surface area (Å²) in [7, 11) is 0. The van der Waals surface area contributed by atoms with Crippen LogP contribution in [0.3, 0.4) is 0 Å². The molecule has 0 radical (unpaired) electrons. The number of carbonyl (C=O) groups excluding carboxylic acids is 1. The average molecular weight is 419 g/mol. The predicted octanol–water partition coefficient (Wildman–Crippen LogP) is 8.30. The van der Waals surface area contributed by atoms with Gasteiger partial charge in [-0.3, -0.25) is 4.79 Å². The molecule has 0 saturated carbocycles. The first-order chi connectivity index (χ1) is 14.7. The number of benzene rings is 1. The molecule has 3 nitrogen and oxygen atoms in total. The third-order valence-corrected chi connectivity index (χ3v) is 6.00. The molecule has 0 aromatic heterocycles. The normalized spacial score (nSPS) is 12.1. The van der Waals surface area contributed by atoms with Crippen LogP contribution in [0.25, 0.3) is 0 Å². The van der Waals surface area contributed by atoms with Crippen molar-refractivity contribution in [3.8, 4) is 5.75 Å². The highest BCUT2D eigenvalue weighted by molar-refractivity contribution is 5.78. The number of carbonyl (C=O) groups is 1. The van der Waals surface area contributed by atoms with Crippen LogP contribution in [0.4, 0.5) is 0 Å². The number of ether oxygens (including phenoxy) is 1. The summed E-state index contributed by atoms with van der Waals surface area (Å²) in [6, 6.07) is 6.96. The van der Waals surface area contributed by atoms with Crippen molar-refractivity contribution in [1.29, 1.82) is 0 Å². The van der Waals surface area contributed by atoms with Gasteiger partial charge in [0.25, 0.3) is 0 Å². The molecular formula is C27H46O3. The van der Waals surface area contributed by atoms with Crippen LogP contribution >= 0.6 is 0 Å². The first-order valence-corrected chi connectivity index (χ1v) is 12.6. The van der Waals surface area contributed by atoms with E-state index in [0.717, 1.165) is 12.8 Å². The molecule has 172 valence electrons. The minimum Gasteiger partial charge on any atom is -0.508 e. The van der Waals surface area contributed by atoms with Crippen molar-refractivity contribution in [3.05, 3.63) is 29.8 Å². The van der Waals surface area contributed by atoms with E-state index in [1.807, 2.05) is 6.07 Å². The lowest BCUT2D eigenvalue weighted by molar-refractivity contribution is -0.145. The van der Waals surface area contributed by atoms with E-state index in [2.05, 4.69) is 6.92 Å². The van der Waals surface area contributed by atoms with Gasteiger partial charge in [0.1, 0.15) is 5.75 Å². The lowest BCUT2D eigenvalue weighted by atomic mass is 10.0. The molecule has 1 N–H and O–H groups in total. The summed E-state index contributed by atoms with van der Waals surface area (Å²) >= 11 is 0. The monoisotopic (exact) mass is 418 g/mol. The largest absolute Gasteiger partial charge is 0.508 e. The lowest BCUT2D eigenvalue weighted by Gasteiger charge is -2.13. The lowest BCUT2D eigenvalue weighted by Crippen LogP contribution is -2.14. The van der Waals surface area contributed by atoms with Gasteiger partial charge in [-0.05, 0) is 19.4 Å². The van der Waals surface area contributed by atoms with Crippen molar-refractivity contribution in [2.75, 3.05) is 6.61 Å². The standard InChI is InChI=1S/C27H46O3/c1-3-4-5-6-7-8-9-10-11-12-13-14-15-16-17-20-23-30-27(29)24(2)25-21-18-19-22-26(25)28/h18-19,21-22,24,28H,3-17,20,23H2,1-2H3. The van der Waals surface area contributed by atoms with Gasteiger partial charge in [0.05, 0.1) is 12.5 Å². The van der Waals surface area contributed by atoms with Crippen LogP contribution in [0.2, 0.25) is 0 Å². The quantitative estimate of drug-likeness (QED) is 0.181. The van der Waals surface area contributed by atoms with E-state index in [1.54, 1.807) is 25.1 Å². The molecule has 0 aliphatic heterocycles. The summed E-state index contributed by atoms with van der Waals surface area (Å²) in [5.74, 6) is -0.519. The van der Waals surface area contributed by atoms with E-state index in [0.29, 0.717) is 12.2 Å². The SMILES string of the molecule is CCCCCCCCCCCCCCCCCCOC(=O)C(C)c1ccccc1O. The van der Waals surface area contributed by atoms with E-state index < -0.39 is 5.92 Å². The van der Waals surface area contributed by atoms with E-state index in [1.165, 1.54) is 89.9 Å². The second-order valence-electron chi connectivity index (χ2n) is 8.75. The minimum absolute atomic E-state index is 0.157. The molecule has 1 aromatic carbocycles. The van der Waals surface area contributed by atoms with Gasteiger partial charge >= 0.3 is 5.97 Å². The fourth-order valence-corrected chi connectivity index (χ4v) is 3.93. The summed E-state index contributed by atoms with van der Waals surface area (Å²) < 4.78 is 5.38. The van der Waals surface area contributed by atoms with Gasteiger partial charge < -0.3 is 9.84 Å². The maximum absolute atomic E-state index is 12.1. The number of phenolic OH excluding ortho intramolecular Hbond substituents is 1. The predicted molar refractivity (Wildman–Crippen MR) is 127 cm³/mol. The molecule has 1 rings (SSSR count). The first kappa shape index (κ1) is 26.5. The number of hydrogen-bond acceptors (Lipinski definition) is 3. The van der Waals surface area contributed by atoms with Crippen LogP contribution in [-0.4, -0.2) is 17.7 Å². The Morgan fingerprint density at radius 1 is 0.767 bits per heavy atom. The molecular weight excluding hydrogens is 372 g/mol. The third kappa shape index (κ3) is 12.9. The maximum atomic E-state index is 12.1. The van der Waals surface area contributed by atoms with E-state index in [4.69, 9.17) is 4.74 Å². The molecule has 1 atom stereocenters. The number of hydrogen-bond donors (Lipinski definition) is 1. The highest BCUT2D eigenvalue weighted by atomic mass is 16.5. The van der Waals surface area contributed by atoms with Crippen LogP contribution < -0.4 is 0 Å². The zero-order valence-corrected chi connectivity index (χ0v) is 19.7. The third-order valence-electron chi connectivity index (χ3n) is 6.00. The Kier molecular flexibility index (Phi) is 16.2. The fourth-order valence-electron chi connectivity index (χ4n) is 3.93. The van der Waals surface area contributed by atoms with Gasteiger partial charge in [-0.1, -0.05) is 121 Å². The Morgan fingerprint density at radius 3 is 1.67 bits per heavy atom. The maximum Gasteiger partial charge on any atom is 0.313 e. The van der Waals surface area contributed by atoms with Gasteiger partial charge in [0, 0.05) is 5.56 Å². The highest BCUT2D eigenvalue weighted by Crippen LogP contribution is 2.26. The summed E-state index contributed by atoms with van der Waals surface area (Å²) in [4.78, 5) is 12.1. The van der Waals surface area contributed by atoms with Crippen molar-refractivity contribution < 1.29 is 14.6 Å². The van der Waals surface area contributed by atoms with Gasteiger partial charge in [-0.2, -0.15) is 0 Å². The van der Waals surface area contributed by atoms with Crippen LogP contribution in [0.15, 0.2) is 24.3 Å². The van der Waals surface area contributed by atoms with Gasteiger partial charge in [-0.15, -0.1) is 0 Å². The number of rotatable bonds is 19. The molecule has 0 heterocycles. The van der Waals surface area contributed by atoms with Crippen molar-refractivity contribution in [1.82, 2.24) is 0 Å². The summed E-state index contributed by atoms with van der Waals surface area (Å²) in [5, 5.41) is 9.84. The number of aromatic hydroxyl groups is 1. The molecule has 0 aliphatic rings. The zero-order chi connectivity index (χ0) is 21.9. The molecule has 0 amide bonds. The zero-order valence-electron chi connectivity index (χ0n) is 19.7. The molecule has 1 aromatic rings. The fraction of sp³-hybridized carbons (Fsp3) is 0.741. The number of phenols is 1. The molecule has 1 unspecified atom stereocenters. The number of esters is 1. The van der Waals surface area contributed by atoms with Crippen LogP contribution in [0.1, 0.15) is 128 Å².